The number of hydrogen-bond acceptors (Lipinski definition) is 5. The van der Waals surface area contributed by atoms with Crippen LogP contribution in [0.25, 0.3) is 0 Å². The Labute approximate surface area is 110 Å². The fourth-order valence-corrected chi connectivity index (χ4v) is 1.30. The van der Waals surface area contributed by atoms with Crippen LogP contribution in [0.3, 0.4) is 0 Å². The smallest absolute Gasteiger partial charge is 0.110 e. The van der Waals surface area contributed by atoms with Gasteiger partial charge in [-0.05, 0) is 34.1 Å². The summed E-state index contributed by atoms with van der Waals surface area (Å²) >= 11 is 13.3. The highest BCUT2D eigenvalue weighted by molar-refractivity contribution is 7.84. The van der Waals surface area contributed by atoms with Gasteiger partial charge < -0.3 is 10.6 Å². The number of rotatable bonds is 5. The van der Waals surface area contributed by atoms with Crippen LogP contribution in [0.5, 0.6) is 0 Å². The molecule has 0 radical (unpaired) electrons. The van der Waals surface area contributed by atoms with Gasteiger partial charge in [0.2, 0.25) is 0 Å². The Kier molecular flexibility index (Phi) is 5.79. The molecule has 2 N–H and O–H groups in total. The minimum absolute atomic E-state index is 0.287. The molecule has 0 amide bonds. The summed E-state index contributed by atoms with van der Waals surface area (Å²) in [7, 11) is 0. The van der Waals surface area contributed by atoms with E-state index in [1.165, 1.54) is 0 Å². The van der Waals surface area contributed by atoms with Crippen LogP contribution in [0.4, 0.5) is 0 Å². The molecule has 0 spiro atoms. The molecule has 0 aliphatic rings. The highest BCUT2D eigenvalue weighted by Gasteiger charge is 2.18. The van der Waals surface area contributed by atoms with Gasteiger partial charge in [0.15, 0.2) is 0 Å². The molecule has 0 saturated carbocycles. The SMILES string of the molecule is CCC(S)=C(NC(C)(C)S)NC(C)(C)S. The molecule has 0 aliphatic carbocycles. The minimum Gasteiger partial charge on any atom is -0.358 e. The first-order chi connectivity index (χ1) is 6.55. The molecule has 0 aromatic rings. The Morgan fingerprint density at radius 2 is 1.33 bits per heavy atom. The Hall–Kier alpha value is 0.390. The first-order valence-corrected chi connectivity index (χ1v) is 6.32. The van der Waals surface area contributed by atoms with Gasteiger partial charge in [-0.2, -0.15) is 25.3 Å². The van der Waals surface area contributed by atoms with Crippen molar-refractivity contribution < 1.29 is 0 Å². The number of hydrogen-bond donors (Lipinski definition) is 5. The van der Waals surface area contributed by atoms with E-state index in [1.807, 2.05) is 27.7 Å². The third kappa shape index (κ3) is 8.22. The zero-order valence-electron chi connectivity index (χ0n) is 10.0. The van der Waals surface area contributed by atoms with Crippen molar-refractivity contribution in [2.45, 2.75) is 50.8 Å². The summed E-state index contributed by atoms with van der Waals surface area (Å²) in [5.74, 6) is 0.890. The zero-order valence-corrected chi connectivity index (χ0v) is 12.7. The first kappa shape index (κ1) is 15.4. The van der Waals surface area contributed by atoms with E-state index in [9.17, 15) is 0 Å². The topological polar surface area (TPSA) is 24.1 Å². The van der Waals surface area contributed by atoms with E-state index in [-0.39, 0.29) is 9.74 Å². The molecule has 2 nitrogen and oxygen atoms in total. The van der Waals surface area contributed by atoms with E-state index >= 15 is 0 Å². The summed E-state index contributed by atoms with van der Waals surface area (Å²) in [6.45, 7) is 10.0. The van der Waals surface area contributed by atoms with E-state index in [1.54, 1.807) is 0 Å². The molecule has 0 fully saturated rings. The van der Waals surface area contributed by atoms with Crippen LogP contribution >= 0.6 is 37.9 Å². The van der Waals surface area contributed by atoms with E-state index in [0.29, 0.717) is 0 Å². The highest BCUT2D eigenvalue weighted by atomic mass is 32.1. The van der Waals surface area contributed by atoms with Crippen molar-refractivity contribution in [2.75, 3.05) is 0 Å². The second-order valence-corrected chi connectivity index (χ2v) is 7.32. The number of nitrogens with one attached hydrogen (secondary N) is 2. The maximum Gasteiger partial charge on any atom is 0.110 e. The van der Waals surface area contributed by atoms with Crippen LogP contribution in [0.2, 0.25) is 0 Å². The van der Waals surface area contributed by atoms with Crippen LogP contribution in [0.15, 0.2) is 10.7 Å². The van der Waals surface area contributed by atoms with E-state index in [2.05, 4.69) is 55.4 Å². The monoisotopic (exact) mass is 266 g/mol. The Bertz CT molecular complexity index is 218. The molecule has 0 aromatic carbocycles. The molecule has 0 heterocycles. The van der Waals surface area contributed by atoms with Crippen LogP contribution in [-0.2, 0) is 0 Å². The summed E-state index contributed by atoms with van der Waals surface area (Å²) in [6.07, 6.45) is 0.867. The van der Waals surface area contributed by atoms with Crippen molar-refractivity contribution in [3.63, 3.8) is 0 Å². The molecule has 5 heteroatoms. The molecule has 0 aromatic heterocycles. The fourth-order valence-electron chi connectivity index (χ4n) is 0.964. The maximum atomic E-state index is 4.44. The van der Waals surface area contributed by atoms with Crippen molar-refractivity contribution in [3.05, 3.63) is 10.7 Å². The fraction of sp³-hybridized carbons (Fsp3) is 0.800. The summed E-state index contributed by atoms with van der Waals surface area (Å²) in [4.78, 5) is 0.397. The molecule has 0 atom stereocenters. The van der Waals surface area contributed by atoms with Crippen molar-refractivity contribution in [3.8, 4) is 0 Å². The molecule has 0 bridgehead atoms. The van der Waals surface area contributed by atoms with Crippen molar-refractivity contribution in [1.82, 2.24) is 10.6 Å². The van der Waals surface area contributed by atoms with Crippen molar-refractivity contribution in [1.29, 1.82) is 0 Å². The highest BCUT2D eigenvalue weighted by Crippen LogP contribution is 2.18. The molecule has 0 saturated heterocycles. The van der Waals surface area contributed by atoms with Crippen LogP contribution in [0.1, 0.15) is 41.0 Å². The van der Waals surface area contributed by atoms with Crippen LogP contribution in [-0.4, -0.2) is 9.74 Å². The summed E-state index contributed by atoms with van der Waals surface area (Å²) in [6, 6.07) is 0. The third-order valence-electron chi connectivity index (χ3n) is 1.49. The third-order valence-corrected chi connectivity index (χ3v) is 2.25. The minimum atomic E-state index is -0.287. The van der Waals surface area contributed by atoms with Gasteiger partial charge >= 0.3 is 0 Å². The van der Waals surface area contributed by atoms with Crippen LogP contribution < -0.4 is 10.6 Å². The molecule has 0 aliphatic heterocycles. The normalized spacial score (nSPS) is 12.3. The molecular formula is C10H22N2S3. The number of thiol groups is 3. The van der Waals surface area contributed by atoms with Gasteiger partial charge in [0.05, 0.1) is 9.74 Å². The van der Waals surface area contributed by atoms with Gasteiger partial charge in [-0.1, -0.05) is 6.92 Å². The standard InChI is InChI=1S/C10H22N2S3/c1-6-7(13)8(11-9(2,3)14)12-10(4,5)15/h11-15H,6H2,1-5H3. The van der Waals surface area contributed by atoms with Gasteiger partial charge in [-0.25, -0.2) is 0 Å². The number of allylic oxidation sites excluding steroid dienone is 1. The Morgan fingerprint density at radius 1 is 1.00 bits per heavy atom. The quantitative estimate of drug-likeness (QED) is 0.390. The predicted molar refractivity (Wildman–Crippen MR) is 78.7 cm³/mol. The average Bonchev–Trinajstić information content (AvgIpc) is 1.96. The largest absolute Gasteiger partial charge is 0.358 e. The maximum absolute atomic E-state index is 4.44. The summed E-state index contributed by atoms with van der Waals surface area (Å²) in [5, 5.41) is 6.54. The summed E-state index contributed by atoms with van der Waals surface area (Å²) < 4.78 is 0. The van der Waals surface area contributed by atoms with E-state index < -0.39 is 0 Å². The predicted octanol–water partition coefficient (Wildman–Crippen LogP) is 3.01. The van der Waals surface area contributed by atoms with Gasteiger partial charge in [0.25, 0.3) is 0 Å². The Morgan fingerprint density at radius 3 is 1.53 bits per heavy atom. The van der Waals surface area contributed by atoms with Crippen molar-refractivity contribution >= 4 is 37.9 Å². The zero-order chi connectivity index (χ0) is 12.3. The Balaban J connectivity index is 4.78. The molecular weight excluding hydrogens is 244 g/mol. The molecule has 90 valence electrons. The van der Waals surface area contributed by atoms with Crippen molar-refractivity contribution in [2.24, 2.45) is 0 Å². The average molecular weight is 267 g/mol. The van der Waals surface area contributed by atoms with Gasteiger partial charge in [0.1, 0.15) is 5.82 Å². The molecule has 0 unspecified atom stereocenters. The lowest BCUT2D eigenvalue weighted by Crippen LogP contribution is -2.44. The first-order valence-electron chi connectivity index (χ1n) is 4.98. The lowest BCUT2D eigenvalue weighted by molar-refractivity contribution is 0.517. The molecule has 0 rings (SSSR count). The second-order valence-electron chi connectivity index (χ2n) is 4.54. The lowest BCUT2D eigenvalue weighted by Gasteiger charge is -2.30. The van der Waals surface area contributed by atoms with E-state index in [4.69, 9.17) is 0 Å². The van der Waals surface area contributed by atoms with Crippen LogP contribution in [0, 0.1) is 0 Å². The van der Waals surface area contributed by atoms with Gasteiger partial charge in [-0.3, -0.25) is 0 Å². The lowest BCUT2D eigenvalue weighted by atomic mass is 10.3. The molecule has 15 heavy (non-hydrogen) atoms. The van der Waals surface area contributed by atoms with Gasteiger partial charge in [0, 0.05) is 4.91 Å². The second kappa shape index (κ2) is 5.64. The van der Waals surface area contributed by atoms with E-state index in [0.717, 1.165) is 17.1 Å². The van der Waals surface area contributed by atoms with Gasteiger partial charge in [-0.15, -0.1) is 12.6 Å². The summed E-state index contributed by atoms with van der Waals surface area (Å²) in [5.41, 5.74) is 0.